The summed E-state index contributed by atoms with van der Waals surface area (Å²) in [4.78, 5) is 21.2. The SMILES string of the molecule is c1ccc(-c2ccc3c(c2)c2cc(-c4ccccc4)ccc2n3-c2ncc(-c3ccc(-c4ccccc4)c(-c4ccccc4)c3)cc2-c2nc(-c3ccccc3)nc(-c3ccccc3)n2)cc1. The maximum absolute atomic E-state index is 5.49. The van der Waals surface area contributed by atoms with Crippen molar-refractivity contribution in [3.05, 3.63) is 249 Å². The molecule has 0 radical (unpaired) electrons. The van der Waals surface area contributed by atoms with Crippen LogP contribution in [0.2, 0.25) is 0 Å². The summed E-state index contributed by atoms with van der Waals surface area (Å²) in [6.07, 6.45) is 2.00. The van der Waals surface area contributed by atoms with Gasteiger partial charge in [0.2, 0.25) is 0 Å². The molecule has 3 aromatic heterocycles. The van der Waals surface area contributed by atoms with Crippen LogP contribution in [0.15, 0.2) is 249 Å². The maximum Gasteiger partial charge on any atom is 0.167 e. The highest BCUT2D eigenvalue weighted by molar-refractivity contribution is 6.12. The molecule has 9 aromatic carbocycles. The van der Waals surface area contributed by atoms with E-state index in [-0.39, 0.29) is 0 Å². The van der Waals surface area contributed by atoms with Crippen molar-refractivity contribution in [2.24, 2.45) is 0 Å². The smallest absolute Gasteiger partial charge is 0.167 e. The molecule has 12 aromatic rings. The number of hydrogen-bond acceptors (Lipinski definition) is 4. The van der Waals surface area contributed by atoms with E-state index >= 15 is 0 Å². The number of fused-ring (bicyclic) bond motifs is 3. The highest BCUT2D eigenvalue weighted by atomic mass is 15.1. The zero-order valence-electron chi connectivity index (χ0n) is 36.4. The molecule has 5 nitrogen and oxygen atoms in total. The molecule has 0 atom stereocenters. The Balaban J connectivity index is 1.14. The molecule has 3 heterocycles. The lowest BCUT2D eigenvalue weighted by molar-refractivity contribution is 1.04. The van der Waals surface area contributed by atoms with Crippen LogP contribution < -0.4 is 0 Å². The van der Waals surface area contributed by atoms with Gasteiger partial charge in [0.15, 0.2) is 17.5 Å². The molecule has 0 bridgehead atoms. The van der Waals surface area contributed by atoms with Gasteiger partial charge in [-0.05, 0) is 86.5 Å². The highest BCUT2D eigenvalue weighted by Crippen LogP contribution is 2.41. The minimum atomic E-state index is 0.526. The third-order valence-electron chi connectivity index (χ3n) is 12.5. The molecule has 0 aliphatic rings. The van der Waals surface area contributed by atoms with Gasteiger partial charge in [-0.3, -0.25) is 4.57 Å². The first-order valence-corrected chi connectivity index (χ1v) is 22.5. The van der Waals surface area contributed by atoms with E-state index in [1.807, 2.05) is 66.9 Å². The average Bonchev–Trinajstić information content (AvgIpc) is 3.74. The van der Waals surface area contributed by atoms with Crippen LogP contribution in [-0.2, 0) is 0 Å². The Kier molecular flexibility index (Phi) is 10.1. The second-order valence-corrected chi connectivity index (χ2v) is 16.7. The van der Waals surface area contributed by atoms with Crippen LogP contribution in [0, 0.1) is 0 Å². The molecule has 0 N–H and O–H groups in total. The van der Waals surface area contributed by atoms with E-state index < -0.39 is 0 Å². The molecule has 12 rings (SSSR count). The quantitative estimate of drug-likeness (QED) is 0.145. The van der Waals surface area contributed by atoms with Crippen molar-refractivity contribution in [1.29, 1.82) is 0 Å². The zero-order chi connectivity index (χ0) is 44.5. The number of nitrogens with zero attached hydrogens (tertiary/aromatic N) is 5. The Bertz CT molecular complexity index is 3550. The van der Waals surface area contributed by atoms with Gasteiger partial charge in [-0.2, -0.15) is 0 Å². The largest absolute Gasteiger partial charge is 0.293 e. The first kappa shape index (κ1) is 39.5. The summed E-state index contributed by atoms with van der Waals surface area (Å²) in [5.74, 6) is 2.42. The molecule has 0 spiro atoms. The second-order valence-electron chi connectivity index (χ2n) is 16.7. The van der Waals surface area contributed by atoms with Crippen LogP contribution >= 0.6 is 0 Å². The molecule has 0 fully saturated rings. The Morgan fingerprint density at radius 2 is 0.627 bits per heavy atom. The van der Waals surface area contributed by atoms with Crippen molar-refractivity contribution >= 4 is 21.8 Å². The lowest BCUT2D eigenvalue weighted by Crippen LogP contribution is -2.06. The Labute approximate surface area is 389 Å². The average molecular weight is 856 g/mol. The lowest BCUT2D eigenvalue weighted by atomic mass is 9.91. The third-order valence-corrected chi connectivity index (χ3v) is 12.5. The van der Waals surface area contributed by atoms with Gasteiger partial charge < -0.3 is 0 Å². The van der Waals surface area contributed by atoms with E-state index in [1.54, 1.807) is 0 Å². The summed E-state index contributed by atoms with van der Waals surface area (Å²) in [6, 6.07) is 85.0. The van der Waals surface area contributed by atoms with E-state index in [2.05, 4.69) is 187 Å². The molecule has 5 heteroatoms. The predicted molar refractivity (Wildman–Crippen MR) is 275 cm³/mol. The summed E-state index contributed by atoms with van der Waals surface area (Å²) in [7, 11) is 0. The molecule has 0 aliphatic carbocycles. The normalized spacial score (nSPS) is 11.3. The van der Waals surface area contributed by atoms with Crippen LogP contribution in [0.1, 0.15) is 0 Å². The molecular weight excluding hydrogens is 815 g/mol. The van der Waals surface area contributed by atoms with Gasteiger partial charge in [-0.15, -0.1) is 0 Å². The maximum atomic E-state index is 5.49. The van der Waals surface area contributed by atoms with E-state index in [1.165, 1.54) is 0 Å². The van der Waals surface area contributed by atoms with Gasteiger partial charge in [0.05, 0.1) is 16.6 Å². The Morgan fingerprint density at radius 3 is 1.10 bits per heavy atom. The topological polar surface area (TPSA) is 56.5 Å². The molecule has 0 aliphatic heterocycles. The van der Waals surface area contributed by atoms with Crippen LogP contribution in [0.25, 0.3) is 117 Å². The van der Waals surface area contributed by atoms with Crippen molar-refractivity contribution in [1.82, 2.24) is 24.5 Å². The van der Waals surface area contributed by atoms with Gasteiger partial charge in [-0.1, -0.05) is 206 Å². The van der Waals surface area contributed by atoms with Crippen LogP contribution in [0.5, 0.6) is 0 Å². The summed E-state index contributed by atoms with van der Waals surface area (Å²) in [6.45, 7) is 0. The third kappa shape index (κ3) is 7.54. The molecular formula is C62H41N5. The van der Waals surface area contributed by atoms with Crippen molar-refractivity contribution in [2.75, 3.05) is 0 Å². The van der Waals surface area contributed by atoms with E-state index in [9.17, 15) is 0 Å². The Morgan fingerprint density at radius 1 is 0.254 bits per heavy atom. The summed E-state index contributed by atoms with van der Waals surface area (Å²) >= 11 is 0. The standard InChI is InChI=1S/C62H41N5/c1-7-19-42(20-8-1)48-32-35-57-54(38-48)55-39-49(43-21-9-2-10-22-43)33-36-58(55)67(57)62-56(61-65-59(46-27-15-5-16-28-46)64-60(66-61)47-29-17-6-18-30-47)40-51(41-63-62)50-31-34-52(44-23-11-3-12-24-44)53(37-50)45-25-13-4-14-26-45/h1-41H. The van der Waals surface area contributed by atoms with Crippen LogP contribution in [0.4, 0.5) is 0 Å². The monoisotopic (exact) mass is 855 g/mol. The molecule has 0 saturated heterocycles. The minimum absolute atomic E-state index is 0.526. The summed E-state index contributed by atoms with van der Waals surface area (Å²) in [5.41, 5.74) is 15.8. The van der Waals surface area contributed by atoms with E-state index in [0.29, 0.717) is 17.5 Å². The fraction of sp³-hybridized carbons (Fsp3) is 0. The first-order valence-electron chi connectivity index (χ1n) is 22.5. The lowest BCUT2D eigenvalue weighted by Gasteiger charge is -2.17. The summed E-state index contributed by atoms with van der Waals surface area (Å²) < 4.78 is 2.29. The van der Waals surface area contributed by atoms with Gasteiger partial charge in [0, 0.05) is 33.7 Å². The van der Waals surface area contributed by atoms with Crippen molar-refractivity contribution in [3.63, 3.8) is 0 Å². The van der Waals surface area contributed by atoms with Crippen LogP contribution in [-0.4, -0.2) is 24.5 Å². The van der Waals surface area contributed by atoms with Crippen molar-refractivity contribution < 1.29 is 0 Å². The van der Waals surface area contributed by atoms with E-state index in [4.69, 9.17) is 19.9 Å². The molecule has 0 unspecified atom stereocenters. The fourth-order valence-corrected chi connectivity index (χ4v) is 9.21. The second kappa shape index (κ2) is 17.1. The molecule has 0 amide bonds. The van der Waals surface area contributed by atoms with Gasteiger partial charge >= 0.3 is 0 Å². The number of aromatic nitrogens is 5. The fourth-order valence-electron chi connectivity index (χ4n) is 9.21. The highest BCUT2D eigenvalue weighted by Gasteiger charge is 2.23. The van der Waals surface area contributed by atoms with Crippen molar-refractivity contribution in [2.45, 2.75) is 0 Å². The number of rotatable bonds is 9. The Hall–Kier alpha value is -9.06. The van der Waals surface area contributed by atoms with Gasteiger partial charge in [0.1, 0.15) is 5.82 Å². The molecule has 67 heavy (non-hydrogen) atoms. The number of pyridine rings is 1. The zero-order valence-corrected chi connectivity index (χ0v) is 36.4. The van der Waals surface area contributed by atoms with Crippen molar-refractivity contribution in [3.8, 4) is 95.6 Å². The number of hydrogen-bond donors (Lipinski definition) is 0. The van der Waals surface area contributed by atoms with Crippen LogP contribution in [0.3, 0.4) is 0 Å². The molecule has 314 valence electrons. The van der Waals surface area contributed by atoms with E-state index in [0.717, 1.165) is 99.9 Å². The summed E-state index contributed by atoms with van der Waals surface area (Å²) in [5, 5.41) is 2.25. The van der Waals surface area contributed by atoms with Gasteiger partial charge in [-0.25, -0.2) is 19.9 Å². The molecule has 0 saturated carbocycles. The predicted octanol–water partition coefficient (Wildman–Crippen LogP) is 15.7. The van der Waals surface area contributed by atoms with Gasteiger partial charge in [0.25, 0.3) is 0 Å². The minimum Gasteiger partial charge on any atom is -0.293 e. The number of benzene rings is 9. The first-order chi connectivity index (χ1) is 33.2.